The number of rotatable bonds is 6. The molecule has 21 heavy (non-hydrogen) atoms. The third-order valence-corrected chi connectivity index (χ3v) is 2.90. The molecule has 0 heterocycles. The van der Waals surface area contributed by atoms with Crippen LogP contribution in [0.15, 0.2) is 16.6 Å². The number of carbonyl (C=O) groups is 1. The second-order valence-electron chi connectivity index (χ2n) is 4.05. The molecule has 0 aromatic heterocycles. The highest BCUT2D eigenvalue weighted by atomic mass is 79.9. The number of nitro groups is 1. The molecule has 0 saturated carbocycles. The number of nitrogens with zero attached hydrogens (tertiary/aromatic N) is 1. The molecule has 0 spiro atoms. The molecule has 112 valence electrons. The second-order valence-corrected chi connectivity index (χ2v) is 4.96. The Hall–Kier alpha value is -2.11. The zero-order chi connectivity index (χ0) is 16.0. The minimum atomic E-state index is -0.995. The number of halogens is 1. The number of amides is 1. The van der Waals surface area contributed by atoms with Gasteiger partial charge in [0.15, 0.2) is 6.61 Å². The van der Waals surface area contributed by atoms with Gasteiger partial charge in [0.25, 0.3) is 5.91 Å². The summed E-state index contributed by atoms with van der Waals surface area (Å²) >= 11 is 3.13. The second kappa shape index (κ2) is 7.61. The Morgan fingerprint density at radius 1 is 1.67 bits per heavy atom. The molecule has 0 fully saturated rings. The van der Waals surface area contributed by atoms with E-state index in [0.717, 1.165) is 0 Å². The summed E-state index contributed by atoms with van der Waals surface area (Å²) in [7, 11) is 0. The van der Waals surface area contributed by atoms with Gasteiger partial charge in [0, 0.05) is 16.1 Å². The van der Waals surface area contributed by atoms with Crippen LogP contribution in [0.3, 0.4) is 0 Å². The van der Waals surface area contributed by atoms with Gasteiger partial charge in [-0.05, 0) is 13.0 Å². The van der Waals surface area contributed by atoms with Crippen molar-refractivity contribution in [3.05, 3.63) is 32.3 Å². The number of ether oxygens (including phenoxy) is 1. The van der Waals surface area contributed by atoms with Crippen molar-refractivity contribution >= 4 is 27.5 Å². The number of nitro benzene ring substituents is 1. The monoisotopic (exact) mass is 356 g/mol. The molecule has 7 nitrogen and oxygen atoms in total. The molecule has 0 aliphatic carbocycles. The van der Waals surface area contributed by atoms with Gasteiger partial charge in [-0.3, -0.25) is 14.9 Å². The fraction of sp³-hybridized carbons (Fsp3) is 0.308. The average molecular weight is 357 g/mol. The first-order valence-electron chi connectivity index (χ1n) is 5.85. The molecule has 1 aromatic rings. The zero-order valence-electron chi connectivity index (χ0n) is 11.1. The highest BCUT2D eigenvalue weighted by Gasteiger charge is 2.24. The molecule has 1 atom stereocenters. The van der Waals surface area contributed by atoms with Crippen molar-refractivity contribution < 1.29 is 19.6 Å². The summed E-state index contributed by atoms with van der Waals surface area (Å²) in [5, 5.41) is 23.1. The Kier molecular flexibility index (Phi) is 6.14. The summed E-state index contributed by atoms with van der Waals surface area (Å²) in [5.74, 6) is 1.56. The van der Waals surface area contributed by atoms with Crippen LogP contribution in [0, 0.1) is 22.5 Å². The molecule has 0 aliphatic heterocycles. The lowest BCUT2D eigenvalue weighted by molar-refractivity contribution is -0.386. The van der Waals surface area contributed by atoms with Crippen molar-refractivity contribution in [2.45, 2.75) is 13.0 Å². The molecule has 2 N–H and O–H groups in total. The Balaban J connectivity index is 3.06. The maximum absolute atomic E-state index is 11.4. The van der Waals surface area contributed by atoms with Gasteiger partial charge in [0.1, 0.15) is 0 Å². The van der Waals surface area contributed by atoms with Crippen molar-refractivity contribution in [3.63, 3.8) is 0 Å². The molecule has 0 bridgehead atoms. The van der Waals surface area contributed by atoms with E-state index < -0.39 is 23.5 Å². The van der Waals surface area contributed by atoms with Crippen molar-refractivity contribution in [2.75, 3.05) is 13.2 Å². The van der Waals surface area contributed by atoms with Gasteiger partial charge in [0.2, 0.25) is 5.75 Å². The molecular weight excluding hydrogens is 344 g/mol. The molecule has 8 heteroatoms. The first-order chi connectivity index (χ1) is 9.86. The summed E-state index contributed by atoms with van der Waals surface area (Å²) in [4.78, 5) is 21.8. The summed E-state index contributed by atoms with van der Waals surface area (Å²) < 4.78 is 5.63. The number of hydrogen-bond acceptors (Lipinski definition) is 5. The van der Waals surface area contributed by atoms with Gasteiger partial charge in [-0.1, -0.05) is 21.9 Å². The number of carbonyl (C=O) groups excluding carboxylic acids is 1. The number of terminal acetylenes is 1. The van der Waals surface area contributed by atoms with Crippen LogP contribution < -0.4 is 10.1 Å². The molecule has 1 rings (SSSR count). The first kappa shape index (κ1) is 16.9. The normalized spacial score (nSPS) is 11.3. The highest BCUT2D eigenvalue weighted by Crippen LogP contribution is 2.37. The SMILES string of the molecule is C#CCNC(=O)COc1c([C@@H](C)O)cc(Br)cc1[N+](=O)[O-]. The Labute approximate surface area is 129 Å². The van der Waals surface area contributed by atoms with E-state index in [1.54, 1.807) is 0 Å². The predicted molar refractivity (Wildman–Crippen MR) is 78.8 cm³/mol. The van der Waals surface area contributed by atoms with E-state index in [2.05, 4.69) is 27.2 Å². The number of nitrogens with one attached hydrogen (secondary N) is 1. The van der Waals surface area contributed by atoms with Crippen LogP contribution in [-0.2, 0) is 4.79 Å². The van der Waals surface area contributed by atoms with Gasteiger partial charge < -0.3 is 15.2 Å². The van der Waals surface area contributed by atoms with Crippen molar-refractivity contribution in [2.24, 2.45) is 0 Å². The van der Waals surface area contributed by atoms with E-state index in [1.807, 2.05) is 0 Å². The van der Waals surface area contributed by atoms with Crippen molar-refractivity contribution in [3.8, 4) is 18.1 Å². The smallest absolute Gasteiger partial charge is 0.312 e. The van der Waals surface area contributed by atoms with Gasteiger partial charge in [0.05, 0.1) is 17.6 Å². The fourth-order valence-electron chi connectivity index (χ4n) is 1.54. The third kappa shape index (κ3) is 4.73. The van der Waals surface area contributed by atoms with Gasteiger partial charge in [-0.2, -0.15) is 0 Å². The van der Waals surface area contributed by atoms with Crippen LogP contribution in [0.2, 0.25) is 0 Å². The van der Waals surface area contributed by atoms with E-state index in [4.69, 9.17) is 11.2 Å². The fourth-order valence-corrected chi connectivity index (χ4v) is 2.00. The minimum Gasteiger partial charge on any atom is -0.476 e. The number of benzene rings is 1. The molecule has 1 aromatic carbocycles. The quantitative estimate of drug-likeness (QED) is 0.457. The topological polar surface area (TPSA) is 102 Å². The largest absolute Gasteiger partial charge is 0.476 e. The zero-order valence-corrected chi connectivity index (χ0v) is 12.7. The molecule has 0 aliphatic rings. The van der Waals surface area contributed by atoms with Gasteiger partial charge in [-0.15, -0.1) is 6.42 Å². The maximum atomic E-state index is 11.4. The number of aliphatic hydroxyl groups excluding tert-OH is 1. The van der Waals surface area contributed by atoms with Crippen LogP contribution in [0.5, 0.6) is 5.75 Å². The van der Waals surface area contributed by atoms with Crippen molar-refractivity contribution in [1.82, 2.24) is 5.32 Å². The Morgan fingerprint density at radius 3 is 2.86 bits per heavy atom. The van der Waals surface area contributed by atoms with Crippen LogP contribution in [0.4, 0.5) is 5.69 Å². The van der Waals surface area contributed by atoms with E-state index in [0.29, 0.717) is 4.47 Å². The van der Waals surface area contributed by atoms with Crippen LogP contribution in [0.25, 0.3) is 0 Å². The lowest BCUT2D eigenvalue weighted by Crippen LogP contribution is -2.29. The Morgan fingerprint density at radius 2 is 2.33 bits per heavy atom. The Bertz CT molecular complexity index is 595. The van der Waals surface area contributed by atoms with E-state index in [1.165, 1.54) is 19.1 Å². The number of hydrogen-bond donors (Lipinski definition) is 2. The summed E-state index contributed by atoms with van der Waals surface area (Å²) in [6.45, 7) is 1.04. The molecule has 1 amide bonds. The lowest BCUT2D eigenvalue weighted by atomic mass is 10.1. The molecule has 0 unspecified atom stereocenters. The molecule has 0 saturated heterocycles. The molecular formula is C13H13BrN2O5. The first-order valence-corrected chi connectivity index (χ1v) is 6.65. The standard InChI is InChI=1S/C13H13BrN2O5/c1-3-4-15-12(18)7-21-13-10(8(2)17)5-9(14)6-11(13)16(19)20/h1,5-6,8,17H,4,7H2,2H3,(H,15,18)/t8-/m1/s1. The lowest BCUT2D eigenvalue weighted by Gasteiger charge is -2.14. The summed E-state index contributed by atoms with van der Waals surface area (Å²) in [5.41, 5.74) is -0.133. The van der Waals surface area contributed by atoms with E-state index >= 15 is 0 Å². The van der Waals surface area contributed by atoms with E-state index in [9.17, 15) is 20.0 Å². The van der Waals surface area contributed by atoms with Crippen LogP contribution >= 0.6 is 15.9 Å². The van der Waals surface area contributed by atoms with Crippen LogP contribution in [0.1, 0.15) is 18.6 Å². The van der Waals surface area contributed by atoms with Crippen LogP contribution in [-0.4, -0.2) is 29.1 Å². The summed E-state index contributed by atoms with van der Waals surface area (Å²) in [6.07, 6.45) is 4.00. The molecule has 0 radical (unpaired) electrons. The number of aliphatic hydroxyl groups is 1. The average Bonchev–Trinajstić information content (AvgIpc) is 2.42. The van der Waals surface area contributed by atoms with E-state index in [-0.39, 0.29) is 23.5 Å². The third-order valence-electron chi connectivity index (χ3n) is 2.44. The highest BCUT2D eigenvalue weighted by molar-refractivity contribution is 9.10. The van der Waals surface area contributed by atoms with Crippen molar-refractivity contribution in [1.29, 1.82) is 0 Å². The maximum Gasteiger partial charge on any atom is 0.312 e. The summed E-state index contributed by atoms with van der Waals surface area (Å²) in [6, 6.07) is 2.73. The van der Waals surface area contributed by atoms with Gasteiger partial charge >= 0.3 is 5.69 Å². The van der Waals surface area contributed by atoms with Gasteiger partial charge in [-0.25, -0.2) is 0 Å². The predicted octanol–water partition coefficient (Wildman–Crippen LogP) is 1.54. The minimum absolute atomic E-state index is 0.0356.